The van der Waals surface area contributed by atoms with Crippen molar-refractivity contribution in [3.05, 3.63) is 30.4 Å². The number of hydrogen-bond donors (Lipinski definition) is 1. The molecule has 0 spiro atoms. The summed E-state index contributed by atoms with van der Waals surface area (Å²) in [7, 11) is 0. The minimum absolute atomic E-state index is 0.0353. The number of carbonyl (C=O) groups excluding carboxylic acids is 2. The van der Waals surface area contributed by atoms with Gasteiger partial charge in [-0.05, 0) is 24.5 Å². The van der Waals surface area contributed by atoms with Gasteiger partial charge in [-0.25, -0.2) is 0 Å². The van der Waals surface area contributed by atoms with E-state index in [4.69, 9.17) is 4.52 Å². The van der Waals surface area contributed by atoms with Crippen LogP contribution in [0.3, 0.4) is 0 Å². The zero-order valence-corrected chi connectivity index (χ0v) is 15.7. The molecule has 8 heteroatoms. The van der Waals surface area contributed by atoms with Crippen LogP contribution in [0.25, 0.3) is 11.4 Å². The number of carbonyl (C=O) groups is 2. The van der Waals surface area contributed by atoms with Crippen LogP contribution in [0.1, 0.15) is 39.0 Å². The number of likely N-dealkylation sites (tertiary alicyclic amines) is 1. The van der Waals surface area contributed by atoms with Crippen LogP contribution in [0.15, 0.2) is 29.0 Å². The first-order valence-corrected chi connectivity index (χ1v) is 9.34. The molecule has 0 aliphatic carbocycles. The fourth-order valence-corrected chi connectivity index (χ4v) is 3.51. The summed E-state index contributed by atoms with van der Waals surface area (Å²) in [5.41, 5.74) is 0.825. The van der Waals surface area contributed by atoms with E-state index in [1.54, 1.807) is 24.5 Å². The van der Waals surface area contributed by atoms with Crippen LogP contribution < -0.4 is 5.32 Å². The molecule has 1 saturated heterocycles. The molecule has 1 aliphatic heterocycles. The molecular weight excluding hydrogens is 346 g/mol. The number of nitrogens with zero attached hydrogens (tertiary/aromatic N) is 4. The summed E-state index contributed by atoms with van der Waals surface area (Å²) in [5.74, 6) is 1.25. The highest BCUT2D eigenvalue weighted by atomic mass is 16.5. The number of aryl methyl sites for hydroxylation is 1. The van der Waals surface area contributed by atoms with Gasteiger partial charge in [0.2, 0.25) is 23.5 Å². The Labute approximate surface area is 158 Å². The smallest absolute Gasteiger partial charge is 0.227 e. The molecule has 0 saturated carbocycles. The topological polar surface area (TPSA) is 101 Å². The number of pyridine rings is 1. The molecule has 2 aromatic rings. The van der Waals surface area contributed by atoms with Crippen LogP contribution in [0.2, 0.25) is 0 Å². The first kappa shape index (κ1) is 19.0. The van der Waals surface area contributed by atoms with Crippen molar-refractivity contribution in [1.29, 1.82) is 0 Å². The van der Waals surface area contributed by atoms with E-state index in [1.807, 2.05) is 4.90 Å². The largest absolute Gasteiger partial charge is 0.351 e. The van der Waals surface area contributed by atoms with Crippen LogP contribution in [0.4, 0.5) is 0 Å². The normalized spacial score (nSPS) is 19.3. The molecule has 1 N–H and O–H groups in total. The van der Waals surface area contributed by atoms with Gasteiger partial charge in [-0.1, -0.05) is 18.5 Å². The van der Waals surface area contributed by atoms with E-state index in [1.165, 1.54) is 6.92 Å². The summed E-state index contributed by atoms with van der Waals surface area (Å²) in [4.78, 5) is 34.1. The SMILES string of the molecule is CCC[C@@H]1CN(C(=O)CCc2nc(-c3ccncc3)no2)C[C@H]1NC(C)=O. The number of hydrogen-bond acceptors (Lipinski definition) is 6. The quantitative estimate of drug-likeness (QED) is 0.797. The molecule has 2 amide bonds. The average Bonchev–Trinajstić information content (AvgIpc) is 3.28. The second kappa shape index (κ2) is 8.75. The minimum atomic E-state index is -0.0510. The van der Waals surface area contributed by atoms with Crippen molar-refractivity contribution in [2.75, 3.05) is 13.1 Å². The Morgan fingerprint density at radius 1 is 1.30 bits per heavy atom. The first-order chi connectivity index (χ1) is 13.1. The maximum Gasteiger partial charge on any atom is 0.227 e. The van der Waals surface area contributed by atoms with Crippen LogP contribution >= 0.6 is 0 Å². The van der Waals surface area contributed by atoms with Gasteiger partial charge in [0.25, 0.3) is 0 Å². The zero-order chi connectivity index (χ0) is 19.2. The zero-order valence-electron chi connectivity index (χ0n) is 15.7. The van der Waals surface area contributed by atoms with Crippen LogP contribution in [-0.4, -0.2) is 51.0 Å². The predicted molar refractivity (Wildman–Crippen MR) is 98.4 cm³/mol. The molecule has 1 fully saturated rings. The molecule has 0 unspecified atom stereocenters. The summed E-state index contributed by atoms with van der Waals surface area (Å²) in [6, 6.07) is 3.65. The number of amides is 2. The highest BCUT2D eigenvalue weighted by Gasteiger charge is 2.34. The second-order valence-electron chi connectivity index (χ2n) is 6.90. The van der Waals surface area contributed by atoms with Crippen LogP contribution in [0.5, 0.6) is 0 Å². The first-order valence-electron chi connectivity index (χ1n) is 9.34. The molecule has 0 aromatic carbocycles. The van der Waals surface area contributed by atoms with Gasteiger partial charge in [-0.3, -0.25) is 14.6 Å². The summed E-state index contributed by atoms with van der Waals surface area (Å²) in [5, 5.41) is 6.93. The van der Waals surface area contributed by atoms with Crippen molar-refractivity contribution >= 4 is 11.8 Å². The highest BCUT2D eigenvalue weighted by Crippen LogP contribution is 2.23. The third-order valence-corrected chi connectivity index (χ3v) is 4.80. The molecule has 1 aliphatic rings. The lowest BCUT2D eigenvalue weighted by atomic mass is 9.98. The third-order valence-electron chi connectivity index (χ3n) is 4.80. The van der Waals surface area contributed by atoms with Crippen molar-refractivity contribution in [3.8, 4) is 11.4 Å². The molecule has 0 radical (unpaired) electrons. The average molecular weight is 371 g/mol. The standard InChI is InChI=1S/C19H25N5O3/c1-3-4-15-11-24(12-16(15)21-13(2)25)18(26)6-5-17-22-19(23-27-17)14-7-9-20-10-8-14/h7-10,15-16H,3-6,11-12H2,1-2H3,(H,21,25)/t15-,16-/m1/s1. The number of nitrogens with one attached hydrogen (secondary N) is 1. The van der Waals surface area contributed by atoms with E-state index in [0.717, 1.165) is 18.4 Å². The highest BCUT2D eigenvalue weighted by molar-refractivity contribution is 5.77. The maximum atomic E-state index is 12.6. The molecule has 2 aromatic heterocycles. The minimum Gasteiger partial charge on any atom is -0.351 e. The van der Waals surface area contributed by atoms with Gasteiger partial charge in [0, 0.05) is 50.8 Å². The van der Waals surface area contributed by atoms with Gasteiger partial charge in [0.05, 0.1) is 6.04 Å². The third kappa shape index (κ3) is 4.90. The second-order valence-corrected chi connectivity index (χ2v) is 6.90. The summed E-state index contributed by atoms with van der Waals surface area (Å²) in [6.45, 7) is 4.88. The Bertz CT molecular complexity index is 777. The molecule has 0 bridgehead atoms. The van der Waals surface area contributed by atoms with E-state index in [2.05, 4.69) is 27.4 Å². The summed E-state index contributed by atoms with van der Waals surface area (Å²) < 4.78 is 5.26. The Balaban J connectivity index is 1.55. The van der Waals surface area contributed by atoms with Crippen molar-refractivity contribution in [2.24, 2.45) is 5.92 Å². The van der Waals surface area contributed by atoms with Crippen LogP contribution in [0, 0.1) is 5.92 Å². The van der Waals surface area contributed by atoms with E-state index in [0.29, 0.717) is 43.6 Å². The van der Waals surface area contributed by atoms with Gasteiger partial charge in [-0.2, -0.15) is 4.98 Å². The van der Waals surface area contributed by atoms with E-state index in [9.17, 15) is 9.59 Å². The predicted octanol–water partition coefficient (Wildman–Crippen LogP) is 1.83. The van der Waals surface area contributed by atoms with Gasteiger partial charge >= 0.3 is 0 Å². The lowest BCUT2D eigenvalue weighted by molar-refractivity contribution is -0.130. The van der Waals surface area contributed by atoms with E-state index < -0.39 is 0 Å². The Hall–Kier alpha value is -2.77. The lowest BCUT2D eigenvalue weighted by Gasteiger charge is -2.17. The van der Waals surface area contributed by atoms with Crippen molar-refractivity contribution in [3.63, 3.8) is 0 Å². The Kier molecular flexibility index (Phi) is 6.16. The van der Waals surface area contributed by atoms with Gasteiger partial charge in [-0.15, -0.1) is 0 Å². The molecule has 3 rings (SSSR count). The molecule has 27 heavy (non-hydrogen) atoms. The van der Waals surface area contributed by atoms with Crippen molar-refractivity contribution in [2.45, 2.75) is 45.6 Å². The Morgan fingerprint density at radius 2 is 2.07 bits per heavy atom. The van der Waals surface area contributed by atoms with E-state index >= 15 is 0 Å². The molecule has 2 atom stereocenters. The molecule has 3 heterocycles. The van der Waals surface area contributed by atoms with Gasteiger partial charge in [0.15, 0.2) is 0 Å². The monoisotopic (exact) mass is 371 g/mol. The molecule has 8 nitrogen and oxygen atoms in total. The Morgan fingerprint density at radius 3 is 2.78 bits per heavy atom. The van der Waals surface area contributed by atoms with Gasteiger partial charge < -0.3 is 14.7 Å². The summed E-state index contributed by atoms with van der Waals surface area (Å²) >= 11 is 0. The fourth-order valence-electron chi connectivity index (χ4n) is 3.51. The van der Waals surface area contributed by atoms with Crippen molar-refractivity contribution < 1.29 is 14.1 Å². The fraction of sp³-hybridized carbons (Fsp3) is 0.526. The van der Waals surface area contributed by atoms with Crippen molar-refractivity contribution in [1.82, 2.24) is 25.3 Å². The number of aromatic nitrogens is 3. The van der Waals surface area contributed by atoms with E-state index in [-0.39, 0.29) is 17.9 Å². The number of rotatable bonds is 7. The van der Waals surface area contributed by atoms with Crippen LogP contribution in [-0.2, 0) is 16.0 Å². The summed E-state index contributed by atoms with van der Waals surface area (Å²) in [6.07, 6.45) is 6.07. The molecule has 144 valence electrons. The lowest BCUT2D eigenvalue weighted by Crippen LogP contribution is -2.39. The maximum absolute atomic E-state index is 12.6. The van der Waals surface area contributed by atoms with Gasteiger partial charge in [0.1, 0.15) is 0 Å². The molecular formula is C19H25N5O3.